The van der Waals surface area contributed by atoms with Gasteiger partial charge in [-0.15, -0.1) is 0 Å². The van der Waals surface area contributed by atoms with E-state index in [9.17, 15) is 14.7 Å². The molecule has 114 valence electrons. The standard InChI is InChI=1S/C16H17N3O3/c1-10-4-3-5-11(8-10)9-19-7-6-12-13(15(19)21)14(20)16(22)18(2)17-12/h3-5,8,20H,6-7,9H2,1-2H3. The van der Waals surface area contributed by atoms with E-state index in [1.807, 2.05) is 31.2 Å². The Hall–Kier alpha value is -2.63. The number of rotatable bonds is 2. The molecule has 0 unspecified atom stereocenters. The van der Waals surface area contributed by atoms with Gasteiger partial charge in [-0.2, -0.15) is 5.10 Å². The molecule has 2 heterocycles. The molecule has 3 rings (SSSR count). The van der Waals surface area contributed by atoms with Crippen LogP contribution in [0.15, 0.2) is 29.1 Å². The maximum Gasteiger partial charge on any atom is 0.309 e. The van der Waals surface area contributed by atoms with Crippen molar-refractivity contribution >= 4 is 5.91 Å². The summed E-state index contributed by atoms with van der Waals surface area (Å²) in [5.74, 6) is -0.850. The molecule has 1 aliphatic heterocycles. The number of nitrogens with zero attached hydrogens (tertiary/aromatic N) is 3. The normalized spacial score (nSPS) is 14.1. The van der Waals surface area contributed by atoms with Crippen molar-refractivity contribution in [2.24, 2.45) is 7.05 Å². The van der Waals surface area contributed by atoms with E-state index < -0.39 is 11.3 Å². The van der Waals surface area contributed by atoms with E-state index >= 15 is 0 Å². The van der Waals surface area contributed by atoms with Crippen LogP contribution in [0.25, 0.3) is 0 Å². The number of aryl methyl sites for hydroxylation is 2. The highest BCUT2D eigenvalue weighted by atomic mass is 16.3. The van der Waals surface area contributed by atoms with Crippen LogP contribution in [0.5, 0.6) is 5.75 Å². The van der Waals surface area contributed by atoms with Crippen molar-refractivity contribution in [3.05, 3.63) is 57.0 Å². The van der Waals surface area contributed by atoms with Gasteiger partial charge in [0.1, 0.15) is 5.56 Å². The Morgan fingerprint density at radius 1 is 1.32 bits per heavy atom. The third kappa shape index (κ3) is 2.36. The van der Waals surface area contributed by atoms with Gasteiger partial charge in [0.05, 0.1) is 5.69 Å². The fourth-order valence-corrected chi connectivity index (χ4v) is 2.76. The monoisotopic (exact) mass is 299 g/mol. The number of benzene rings is 1. The summed E-state index contributed by atoms with van der Waals surface area (Å²) in [5.41, 5.74) is 2.02. The third-order valence-corrected chi connectivity index (χ3v) is 3.87. The van der Waals surface area contributed by atoms with Gasteiger partial charge in [-0.05, 0) is 12.5 Å². The van der Waals surface area contributed by atoms with Crippen molar-refractivity contribution in [3.8, 4) is 5.75 Å². The minimum absolute atomic E-state index is 0.0435. The van der Waals surface area contributed by atoms with Crippen LogP contribution in [0.1, 0.15) is 27.2 Å². The maximum atomic E-state index is 12.6. The number of carbonyl (C=O) groups is 1. The van der Waals surface area contributed by atoms with E-state index in [0.29, 0.717) is 25.2 Å². The molecule has 1 aromatic heterocycles. The Balaban J connectivity index is 1.95. The summed E-state index contributed by atoms with van der Waals surface area (Å²) in [6.45, 7) is 2.97. The van der Waals surface area contributed by atoms with Gasteiger partial charge in [0.25, 0.3) is 5.91 Å². The summed E-state index contributed by atoms with van der Waals surface area (Å²) in [5, 5.41) is 14.1. The zero-order valence-electron chi connectivity index (χ0n) is 12.5. The Labute approximate surface area is 127 Å². The number of aromatic hydroxyl groups is 1. The molecule has 1 aromatic carbocycles. The van der Waals surface area contributed by atoms with E-state index in [1.165, 1.54) is 7.05 Å². The number of hydrogen-bond donors (Lipinski definition) is 1. The minimum atomic E-state index is -0.649. The molecule has 1 aliphatic rings. The predicted molar refractivity (Wildman–Crippen MR) is 80.8 cm³/mol. The lowest BCUT2D eigenvalue weighted by Gasteiger charge is -2.28. The smallest absolute Gasteiger partial charge is 0.309 e. The third-order valence-electron chi connectivity index (χ3n) is 3.87. The highest BCUT2D eigenvalue weighted by Crippen LogP contribution is 2.24. The number of aromatic nitrogens is 2. The van der Waals surface area contributed by atoms with Crippen LogP contribution in [0.4, 0.5) is 0 Å². The Morgan fingerprint density at radius 3 is 2.82 bits per heavy atom. The molecule has 0 bridgehead atoms. The summed E-state index contributed by atoms with van der Waals surface area (Å²) in [6, 6.07) is 7.92. The summed E-state index contributed by atoms with van der Waals surface area (Å²) in [4.78, 5) is 26.0. The first-order valence-corrected chi connectivity index (χ1v) is 7.11. The lowest BCUT2D eigenvalue weighted by Crippen LogP contribution is -2.40. The first-order valence-electron chi connectivity index (χ1n) is 7.11. The van der Waals surface area contributed by atoms with Crippen molar-refractivity contribution in [1.29, 1.82) is 0 Å². The molecule has 0 saturated heterocycles. The quantitative estimate of drug-likeness (QED) is 0.897. The molecule has 0 fully saturated rings. The molecule has 22 heavy (non-hydrogen) atoms. The van der Waals surface area contributed by atoms with Crippen molar-refractivity contribution in [3.63, 3.8) is 0 Å². The van der Waals surface area contributed by atoms with Crippen molar-refractivity contribution in [2.45, 2.75) is 19.9 Å². The molecular weight excluding hydrogens is 282 g/mol. The Kier molecular flexibility index (Phi) is 3.44. The average molecular weight is 299 g/mol. The van der Waals surface area contributed by atoms with Crippen molar-refractivity contribution in [2.75, 3.05) is 6.54 Å². The van der Waals surface area contributed by atoms with E-state index in [2.05, 4.69) is 5.10 Å². The predicted octanol–water partition coefficient (Wildman–Crippen LogP) is 0.993. The minimum Gasteiger partial charge on any atom is -0.502 e. The molecule has 1 N–H and O–H groups in total. The summed E-state index contributed by atoms with van der Waals surface area (Å²) in [6.07, 6.45) is 0.522. The van der Waals surface area contributed by atoms with E-state index in [-0.39, 0.29) is 11.5 Å². The fourth-order valence-electron chi connectivity index (χ4n) is 2.76. The molecule has 0 aliphatic carbocycles. The van der Waals surface area contributed by atoms with E-state index in [0.717, 1.165) is 15.8 Å². The Morgan fingerprint density at radius 2 is 2.09 bits per heavy atom. The fraction of sp³-hybridized carbons (Fsp3) is 0.312. The molecule has 1 amide bonds. The number of hydrogen-bond acceptors (Lipinski definition) is 4. The van der Waals surface area contributed by atoms with Gasteiger partial charge in [-0.3, -0.25) is 9.59 Å². The van der Waals surface area contributed by atoms with Crippen molar-refractivity contribution < 1.29 is 9.90 Å². The lowest BCUT2D eigenvalue weighted by atomic mass is 10.0. The van der Waals surface area contributed by atoms with Crippen LogP contribution < -0.4 is 5.56 Å². The second kappa shape index (κ2) is 5.29. The van der Waals surface area contributed by atoms with Crippen LogP contribution in [0.2, 0.25) is 0 Å². The van der Waals surface area contributed by atoms with Gasteiger partial charge >= 0.3 is 5.56 Å². The van der Waals surface area contributed by atoms with Gasteiger partial charge in [0.2, 0.25) is 0 Å². The summed E-state index contributed by atoms with van der Waals surface area (Å²) >= 11 is 0. The molecule has 0 atom stereocenters. The number of fused-ring (bicyclic) bond motifs is 1. The lowest BCUT2D eigenvalue weighted by molar-refractivity contribution is 0.0719. The second-order valence-electron chi connectivity index (χ2n) is 5.56. The first-order chi connectivity index (χ1) is 10.5. The van der Waals surface area contributed by atoms with Crippen LogP contribution >= 0.6 is 0 Å². The zero-order valence-corrected chi connectivity index (χ0v) is 12.5. The average Bonchev–Trinajstić information content (AvgIpc) is 2.48. The number of amides is 1. The Bertz CT molecular complexity index is 811. The van der Waals surface area contributed by atoms with Gasteiger partial charge < -0.3 is 10.0 Å². The SMILES string of the molecule is Cc1cccc(CN2CCc3nn(C)c(=O)c(O)c3C2=O)c1. The molecular formula is C16H17N3O3. The molecule has 0 spiro atoms. The summed E-state index contributed by atoms with van der Waals surface area (Å²) in [7, 11) is 1.46. The van der Waals surface area contributed by atoms with Gasteiger partial charge in [-0.25, -0.2) is 4.68 Å². The van der Waals surface area contributed by atoms with Crippen LogP contribution in [-0.4, -0.2) is 32.2 Å². The van der Waals surface area contributed by atoms with Gasteiger partial charge in [-0.1, -0.05) is 29.8 Å². The molecule has 6 heteroatoms. The van der Waals surface area contributed by atoms with Crippen molar-refractivity contribution in [1.82, 2.24) is 14.7 Å². The van der Waals surface area contributed by atoms with Crippen LogP contribution in [0.3, 0.4) is 0 Å². The number of carbonyl (C=O) groups excluding carboxylic acids is 1. The molecule has 6 nitrogen and oxygen atoms in total. The van der Waals surface area contributed by atoms with Gasteiger partial charge in [0, 0.05) is 26.6 Å². The van der Waals surface area contributed by atoms with E-state index in [4.69, 9.17) is 0 Å². The highest BCUT2D eigenvalue weighted by Gasteiger charge is 2.30. The molecule has 2 aromatic rings. The topological polar surface area (TPSA) is 75.4 Å². The summed E-state index contributed by atoms with van der Waals surface area (Å²) < 4.78 is 1.07. The van der Waals surface area contributed by atoms with Crippen LogP contribution in [0, 0.1) is 6.92 Å². The largest absolute Gasteiger partial charge is 0.502 e. The first kappa shape index (κ1) is 14.3. The second-order valence-corrected chi connectivity index (χ2v) is 5.56. The molecule has 0 radical (unpaired) electrons. The van der Waals surface area contributed by atoms with E-state index in [1.54, 1.807) is 4.90 Å². The molecule has 0 saturated carbocycles. The highest BCUT2D eigenvalue weighted by molar-refractivity contribution is 5.98. The maximum absolute atomic E-state index is 12.6. The van der Waals surface area contributed by atoms with Gasteiger partial charge in [0.15, 0.2) is 5.75 Å². The zero-order chi connectivity index (χ0) is 15.9. The van der Waals surface area contributed by atoms with Crippen LogP contribution in [-0.2, 0) is 20.0 Å².